The van der Waals surface area contributed by atoms with Crippen LogP contribution in [0.1, 0.15) is 24.0 Å². The molecule has 0 heterocycles. The summed E-state index contributed by atoms with van der Waals surface area (Å²) in [7, 11) is 0. The summed E-state index contributed by atoms with van der Waals surface area (Å²) in [5.74, 6) is 0.296. The first-order valence-electron chi connectivity index (χ1n) is 5.81. The number of hydrogen-bond donors (Lipinski definition) is 2. The van der Waals surface area contributed by atoms with Crippen LogP contribution in [0.3, 0.4) is 0 Å². The van der Waals surface area contributed by atoms with Crippen LogP contribution in [-0.4, -0.2) is 11.2 Å². The number of hydrogen-bond acceptors (Lipinski definition) is 1. The topological polar surface area (TPSA) is 49.3 Å². The predicted octanol–water partition coefficient (Wildman–Crippen LogP) is 3.93. The third-order valence-corrected chi connectivity index (χ3v) is 2.96. The Labute approximate surface area is 106 Å². The zero-order valence-electron chi connectivity index (χ0n) is 10.1. The van der Waals surface area contributed by atoms with Crippen molar-refractivity contribution in [3.8, 4) is 0 Å². The highest BCUT2D eigenvalue weighted by Gasteiger charge is 2.07. The van der Waals surface area contributed by atoms with E-state index in [1.165, 1.54) is 5.56 Å². The maximum Gasteiger partial charge on any atom is 0.409 e. The smallest absolute Gasteiger partial charge is 0.409 e. The fourth-order valence-electron chi connectivity index (χ4n) is 1.91. The van der Waals surface area contributed by atoms with Gasteiger partial charge < -0.3 is 5.11 Å². The molecule has 0 fully saturated rings. The first-order chi connectivity index (χ1) is 8.66. The molecule has 18 heavy (non-hydrogen) atoms. The molecule has 0 aliphatic heterocycles. The van der Waals surface area contributed by atoms with Crippen molar-refractivity contribution >= 4 is 11.8 Å². The monoisotopic (exact) mass is 241 g/mol. The lowest BCUT2D eigenvalue weighted by atomic mass is 9.93. The van der Waals surface area contributed by atoms with Crippen LogP contribution in [0.25, 0.3) is 0 Å². The Bertz CT molecular complexity index is 520. The number of nitrogens with one attached hydrogen (secondary N) is 1. The Kier molecular flexibility index (Phi) is 3.63. The van der Waals surface area contributed by atoms with Crippen LogP contribution in [0.15, 0.2) is 54.6 Å². The Morgan fingerprint density at radius 3 is 2.11 bits per heavy atom. The van der Waals surface area contributed by atoms with E-state index in [-0.39, 0.29) is 0 Å². The second-order valence-corrected chi connectivity index (χ2v) is 4.18. The highest BCUT2D eigenvalue weighted by Crippen LogP contribution is 2.24. The molecular weight excluding hydrogens is 226 g/mol. The molecule has 92 valence electrons. The first-order valence-corrected chi connectivity index (χ1v) is 5.81. The Morgan fingerprint density at radius 1 is 1.00 bits per heavy atom. The highest BCUT2D eigenvalue weighted by molar-refractivity contribution is 5.82. The Hall–Kier alpha value is -2.29. The highest BCUT2D eigenvalue weighted by atomic mass is 16.4. The molecule has 0 saturated carbocycles. The summed E-state index contributed by atoms with van der Waals surface area (Å²) in [5.41, 5.74) is 3.00. The number of carboxylic acid groups (broad SMARTS) is 1. The van der Waals surface area contributed by atoms with E-state index in [9.17, 15) is 4.79 Å². The SMILES string of the molecule is CC(c1ccccc1)c1ccc(NC(=O)O)cc1. The zero-order chi connectivity index (χ0) is 13.0. The molecule has 2 aromatic carbocycles. The molecule has 0 spiro atoms. The van der Waals surface area contributed by atoms with Crippen LogP contribution >= 0.6 is 0 Å². The van der Waals surface area contributed by atoms with Gasteiger partial charge in [-0.25, -0.2) is 4.79 Å². The van der Waals surface area contributed by atoms with E-state index in [4.69, 9.17) is 5.11 Å². The van der Waals surface area contributed by atoms with Gasteiger partial charge in [-0.15, -0.1) is 0 Å². The molecule has 2 aromatic rings. The van der Waals surface area contributed by atoms with Crippen LogP contribution in [0, 0.1) is 0 Å². The second-order valence-electron chi connectivity index (χ2n) is 4.18. The molecule has 1 unspecified atom stereocenters. The average Bonchev–Trinajstić information content (AvgIpc) is 2.39. The van der Waals surface area contributed by atoms with Crippen molar-refractivity contribution in [1.29, 1.82) is 0 Å². The fraction of sp³-hybridized carbons (Fsp3) is 0.133. The Balaban J connectivity index is 2.17. The van der Waals surface area contributed by atoms with Crippen molar-refractivity contribution in [3.05, 3.63) is 65.7 Å². The first kappa shape index (κ1) is 12.2. The number of benzene rings is 2. The lowest BCUT2D eigenvalue weighted by Crippen LogP contribution is -2.07. The van der Waals surface area contributed by atoms with Gasteiger partial charge in [-0.1, -0.05) is 49.4 Å². The minimum atomic E-state index is -1.04. The molecule has 0 aromatic heterocycles. The molecule has 0 saturated heterocycles. The van der Waals surface area contributed by atoms with E-state index in [1.807, 2.05) is 30.3 Å². The standard InChI is InChI=1S/C15H15NO2/c1-11(12-5-3-2-4-6-12)13-7-9-14(10-8-13)16-15(17)18/h2-11,16H,1H3,(H,17,18). The van der Waals surface area contributed by atoms with Crippen LogP contribution in [0.4, 0.5) is 10.5 Å². The maximum absolute atomic E-state index is 10.5. The van der Waals surface area contributed by atoms with Gasteiger partial charge in [0.05, 0.1) is 0 Å². The van der Waals surface area contributed by atoms with Gasteiger partial charge in [-0.05, 0) is 23.3 Å². The van der Waals surface area contributed by atoms with Crippen LogP contribution in [0.2, 0.25) is 0 Å². The quantitative estimate of drug-likeness (QED) is 0.855. The van der Waals surface area contributed by atoms with Gasteiger partial charge in [0, 0.05) is 11.6 Å². The third kappa shape index (κ3) is 2.88. The zero-order valence-corrected chi connectivity index (χ0v) is 10.1. The number of carbonyl (C=O) groups is 1. The van der Waals surface area contributed by atoms with Crippen LogP contribution < -0.4 is 5.32 Å². The van der Waals surface area contributed by atoms with Gasteiger partial charge in [0.15, 0.2) is 0 Å². The molecule has 3 heteroatoms. The predicted molar refractivity (Wildman–Crippen MR) is 72.0 cm³/mol. The summed E-state index contributed by atoms with van der Waals surface area (Å²) in [6, 6.07) is 17.7. The van der Waals surface area contributed by atoms with E-state index < -0.39 is 6.09 Å². The molecule has 0 radical (unpaired) electrons. The molecule has 1 amide bonds. The van der Waals surface area contributed by atoms with Crippen molar-refractivity contribution < 1.29 is 9.90 Å². The van der Waals surface area contributed by atoms with Crippen molar-refractivity contribution in [2.24, 2.45) is 0 Å². The summed E-state index contributed by atoms with van der Waals surface area (Å²) in [5, 5.41) is 10.9. The van der Waals surface area contributed by atoms with E-state index in [0.29, 0.717) is 11.6 Å². The van der Waals surface area contributed by atoms with Gasteiger partial charge in [0.2, 0.25) is 0 Å². The van der Waals surface area contributed by atoms with Gasteiger partial charge in [0.1, 0.15) is 0 Å². The van der Waals surface area contributed by atoms with Crippen molar-refractivity contribution in [1.82, 2.24) is 0 Å². The molecule has 2 N–H and O–H groups in total. The lowest BCUT2D eigenvalue weighted by molar-refractivity contribution is 0.210. The summed E-state index contributed by atoms with van der Waals surface area (Å²) < 4.78 is 0. The third-order valence-electron chi connectivity index (χ3n) is 2.96. The van der Waals surface area contributed by atoms with Gasteiger partial charge in [-0.2, -0.15) is 0 Å². The lowest BCUT2D eigenvalue weighted by Gasteiger charge is -2.12. The summed E-state index contributed by atoms with van der Waals surface area (Å²) in [6.45, 7) is 2.13. The molecule has 3 nitrogen and oxygen atoms in total. The number of rotatable bonds is 3. The summed E-state index contributed by atoms with van der Waals surface area (Å²) in [6.07, 6.45) is -1.04. The maximum atomic E-state index is 10.5. The minimum Gasteiger partial charge on any atom is -0.465 e. The van der Waals surface area contributed by atoms with E-state index in [2.05, 4.69) is 24.4 Å². The molecule has 2 rings (SSSR count). The second kappa shape index (κ2) is 5.36. The van der Waals surface area contributed by atoms with Crippen molar-refractivity contribution in [2.75, 3.05) is 5.32 Å². The van der Waals surface area contributed by atoms with E-state index in [1.54, 1.807) is 12.1 Å². The summed E-state index contributed by atoms with van der Waals surface area (Å²) >= 11 is 0. The van der Waals surface area contributed by atoms with Crippen LogP contribution in [-0.2, 0) is 0 Å². The molecule has 0 bridgehead atoms. The van der Waals surface area contributed by atoms with E-state index in [0.717, 1.165) is 5.56 Å². The molecule has 1 atom stereocenters. The van der Waals surface area contributed by atoms with Gasteiger partial charge in [0.25, 0.3) is 0 Å². The van der Waals surface area contributed by atoms with Crippen molar-refractivity contribution in [3.63, 3.8) is 0 Å². The Morgan fingerprint density at radius 2 is 1.56 bits per heavy atom. The fourth-order valence-corrected chi connectivity index (χ4v) is 1.91. The molecular formula is C15H15NO2. The average molecular weight is 241 g/mol. The molecule has 0 aliphatic carbocycles. The summed E-state index contributed by atoms with van der Waals surface area (Å²) in [4.78, 5) is 10.5. The van der Waals surface area contributed by atoms with Crippen LogP contribution in [0.5, 0.6) is 0 Å². The van der Waals surface area contributed by atoms with E-state index >= 15 is 0 Å². The minimum absolute atomic E-state index is 0.296. The number of amides is 1. The largest absolute Gasteiger partial charge is 0.465 e. The van der Waals surface area contributed by atoms with Gasteiger partial charge >= 0.3 is 6.09 Å². The van der Waals surface area contributed by atoms with Crippen molar-refractivity contribution in [2.45, 2.75) is 12.8 Å². The van der Waals surface area contributed by atoms with Gasteiger partial charge in [-0.3, -0.25) is 5.32 Å². The molecule has 0 aliphatic rings. The number of anilines is 1. The normalized spacial score (nSPS) is 11.8.